The third-order valence-electron chi connectivity index (χ3n) is 5.08. The zero-order valence-electron chi connectivity index (χ0n) is 14.3. The molecule has 0 amide bonds. The first-order chi connectivity index (χ1) is 10.3. The molecule has 2 rings (SSSR count). The molecule has 1 aliphatic heterocycles. The molecule has 2 fully saturated rings. The Morgan fingerprint density at radius 2 is 1.90 bits per heavy atom. The van der Waals surface area contributed by atoms with Crippen molar-refractivity contribution < 1.29 is 4.74 Å². The van der Waals surface area contributed by atoms with Gasteiger partial charge in [-0.2, -0.15) is 0 Å². The molecule has 0 aromatic rings. The fourth-order valence-electron chi connectivity index (χ4n) is 3.96. The molecule has 1 saturated carbocycles. The number of hydrogen-bond donors (Lipinski definition) is 1. The number of rotatable bonds is 8. The average Bonchev–Trinajstić information content (AvgIpc) is 2.52. The van der Waals surface area contributed by atoms with Crippen molar-refractivity contribution in [1.82, 2.24) is 10.2 Å². The van der Waals surface area contributed by atoms with Crippen LogP contribution in [0, 0.1) is 5.92 Å². The number of hydrogen-bond acceptors (Lipinski definition) is 3. The summed E-state index contributed by atoms with van der Waals surface area (Å²) < 4.78 is 5.99. The van der Waals surface area contributed by atoms with Crippen LogP contribution in [-0.2, 0) is 4.74 Å². The van der Waals surface area contributed by atoms with Gasteiger partial charge in [0, 0.05) is 25.7 Å². The van der Waals surface area contributed by atoms with Gasteiger partial charge in [-0.25, -0.2) is 0 Å². The van der Waals surface area contributed by atoms with Crippen LogP contribution in [0.5, 0.6) is 0 Å². The number of ether oxygens (including phenoxy) is 1. The summed E-state index contributed by atoms with van der Waals surface area (Å²) in [5, 5.41) is 3.80. The molecule has 3 unspecified atom stereocenters. The Bertz CT molecular complexity index is 272. The maximum atomic E-state index is 5.99. The van der Waals surface area contributed by atoms with Crippen LogP contribution in [0.4, 0.5) is 0 Å². The number of nitrogens with one attached hydrogen (secondary N) is 1. The minimum atomic E-state index is 0.490. The fraction of sp³-hybridized carbons (Fsp3) is 1.00. The van der Waals surface area contributed by atoms with Gasteiger partial charge in [-0.1, -0.05) is 26.7 Å². The summed E-state index contributed by atoms with van der Waals surface area (Å²) >= 11 is 0. The summed E-state index contributed by atoms with van der Waals surface area (Å²) in [4.78, 5) is 2.68. The second kappa shape index (κ2) is 9.81. The lowest BCUT2D eigenvalue weighted by atomic mass is 9.83. The Hall–Kier alpha value is -0.120. The van der Waals surface area contributed by atoms with E-state index in [-0.39, 0.29) is 0 Å². The highest BCUT2D eigenvalue weighted by molar-refractivity contribution is 4.85. The molecule has 1 saturated heterocycles. The van der Waals surface area contributed by atoms with E-state index in [0.29, 0.717) is 6.10 Å². The normalized spacial score (nSPS) is 31.4. The van der Waals surface area contributed by atoms with Crippen molar-refractivity contribution in [2.24, 2.45) is 5.92 Å². The fourth-order valence-corrected chi connectivity index (χ4v) is 3.96. The zero-order valence-corrected chi connectivity index (χ0v) is 14.3. The van der Waals surface area contributed by atoms with Crippen molar-refractivity contribution in [3.8, 4) is 0 Å². The molecular formula is C18H36N2O. The van der Waals surface area contributed by atoms with Gasteiger partial charge >= 0.3 is 0 Å². The molecule has 3 atom stereocenters. The van der Waals surface area contributed by atoms with Crippen LogP contribution in [0.25, 0.3) is 0 Å². The van der Waals surface area contributed by atoms with Gasteiger partial charge in [0.05, 0.1) is 6.10 Å². The van der Waals surface area contributed by atoms with Crippen molar-refractivity contribution in [2.75, 3.05) is 32.8 Å². The maximum absolute atomic E-state index is 5.99. The maximum Gasteiger partial charge on any atom is 0.0702 e. The number of piperidine rings is 1. The van der Waals surface area contributed by atoms with E-state index in [9.17, 15) is 0 Å². The van der Waals surface area contributed by atoms with Crippen molar-refractivity contribution in [1.29, 1.82) is 0 Å². The highest BCUT2D eigenvalue weighted by Gasteiger charge is 2.28. The van der Waals surface area contributed by atoms with Crippen LogP contribution in [0.2, 0.25) is 0 Å². The summed E-state index contributed by atoms with van der Waals surface area (Å²) in [6.07, 6.45) is 11.1. The summed E-state index contributed by atoms with van der Waals surface area (Å²) in [5.74, 6) is 0.857. The first-order valence-corrected chi connectivity index (χ1v) is 9.40. The van der Waals surface area contributed by atoms with Crippen LogP contribution < -0.4 is 5.32 Å². The molecule has 3 heteroatoms. The monoisotopic (exact) mass is 296 g/mol. The molecule has 3 nitrogen and oxygen atoms in total. The zero-order chi connectivity index (χ0) is 14.9. The first-order valence-electron chi connectivity index (χ1n) is 9.40. The van der Waals surface area contributed by atoms with E-state index >= 15 is 0 Å². The van der Waals surface area contributed by atoms with E-state index in [1.165, 1.54) is 64.6 Å². The van der Waals surface area contributed by atoms with E-state index in [0.717, 1.165) is 31.5 Å². The third kappa shape index (κ3) is 5.88. The molecule has 1 heterocycles. The van der Waals surface area contributed by atoms with Gasteiger partial charge in [-0.05, 0) is 57.5 Å². The Morgan fingerprint density at radius 1 is 1.05 bits per heavy atom. The summed E-state index contributed by atoms with van der Waals surface area (Å²) in [7, 11) is 0. The molecular weight excluding hydrogens is 260 g/mol. The van der Waals surface area contributed by atoms with Gasteiger partial charge in [0.1, 0.15) is 0 Å². The smallest absolute Gasteiger partial charge is 0.0702 e. The molecule has 0 aromatic carbocycles. The largest absolute Gasteiger partial charge is 0.377 e. The van der Waals surface area contributed by atoms with Crippen LogP contribution in [0.1, 0.15) is 65.2 Å². The average molecular weight is 296 g/mol. The van der Waals surface area contributed by atoms with E-state index in [2.05, 4.69) is 24.1 Å². The Labute approximate surface area is 131 Å². The van der Waals surface area contributed by atoms with Gasteiger partial charge in [0.15, 0.2) is 0 Å². The minimum absolute atomic E-state index is 0.490. The predicted octanol–water partition coefficient (Wildman–Crippen LogP) is 3.44. The van der Waals surface area contributed by atoms with Gasteiger partial charge in [0.25, 0.3) is 0 Å². The first kappa shape index (κ1) is 17.2. The van der Waals surface area contributed by atoms with E-state index < -0.39 is 0 Å². The third-order valence-corrected chi connectivity index (χ3v) is 5.08. The molecule has 1 N–H and O–H groups in total. The van der Waals surface area contributed by atoms with E-state index in [1.807, 2.05) is 0 Å². The quantitative estimate of drug-likeness (QED) is 0.742. The highest BCUT2D eigenvalue weighted by Crippen LogP contribution is 2.26. The lowest BCUT2D eigenvalue weighted by Crippen LogP contribution is -2.48. The molecule has 124 valence electrons. The lowest BCUT2D eigenvalue weighted by Gasteiger charge is -2.39. The number of nitrogens with zero attached hydrogens (tertiary/aromatic N) is 1. The SMILES string of the molecule is CCCNC1CCCCC1CN1CCCC(OCCC)C1. The van der Waals surface area contributed by atoms with Crippen LogP contribution in [0.3, 0.4) is 0 Å². The Morgan fingerprint density at radius 3 is 2.71 bits per heavy atom. The van der Waals surface area contributed by atoms with Gasteiger partial charge < -0.3 is 15.0 Å². The van der Waals surface area contributed by atoms with Gasteiger partial charge in [0.2, 0.25) is 0 Å². The van der Waals surface area contributed by atoms with Crippen LogP contribution in [0.15, 0.2) is 0 Å². The van der Waals surface area contributed by atoms with Crippen molar-refractivity contribution in [2.45, 2.75) is 77.4 Å². The van der Waals surface area contributed by atoms with Crippen molar-refractivity contribution in [3.63, 3.8) is 0 Å². The minimum Gasteiger partial charge on any atom is -0.377 e. The van der Waals surface area contributed by atoms with E-state index in [1.54, 1.807) is 0 Å². The van der Waals surface area contributed by atoms with Crippen LogP contribution >= 0.6 is 0 Å². The molecule has 1 aliphatic carbocycles. The summed E-state index contributed by atoms with van der Waals surface area (Å²) in [6.45, 7) is 10.3. The Balaban J connectivity index is 1.77. The molecule has 0 radical (unpaired) electrons. The highest BCUT2D eigenvalue weighted by atomic mass is 16.5. The number of likely N-dealkylation sites (tertiary alicyclic amines) is 1. The topological polar surface area (TPSA) is 24.5 Å². The van der Waals surface area contributed by atoms with Gasteiger partial charge in [-0.15, -0.1) is 0 Å². The second-order valence-corrected chi connectivity index (χ2v) is 7.00. The summed E-state index contributed by atoms with van der Waals surface area (Å²) in [5.41, 5.74) is 0. The second-order valence-electron chi connectivity index (χ2n) is 7.00. The molecule has 0 bridgehead atoms. The van der Waals surface area contributed by atoms with Crippen molar-refractivity contribution >= 4 is 0 Å². The molecule has 2 aliphatic rings. The standard InChI is InChI=1S/C18H36N2O/c1-3-11-19-18-10-6-5-8-16(18)14-20-12-7-9-17(15-20)21-13-4-2/h16-19H,3-15H2,1-2H3. The molecule has 0 spiro atoms. The van der Waals surface area contributed by atoms with Crippen LogP contribution in [-0.4, -0.2) is 49.8 Å². The summed E-state index contributed by atoms with van der Waals surface area (Å²) in [6, 6.07) is 0.760. The van der Waals surface area contributed by atoms with Crippen molar-refractivity contribution in [3.05, 3.63) is 0 Å². The predicted molar refractivity (Wildman–Crippen MR) is 89.7 cm³/mol. The molecule has 0 aromatic heterocycles. The van der Waals surface area contributed by atoms with E-state index in [4.69, 9.17) is 4.74 Å². The van der Waals surface area contributed by atoms with Gasteiger partial charge in [-0.3, -0.25) is 0 Å². The Kier molecular flexibility index (Phi) is 8.05. The lowest BCUT2D eigenvalue weighted by molar-refractivity contribution is -0.00690. The molecule has 21 heavy (non-hydrogen) atoms.